The third-order valence-electron chi connectivity index (χ3n) is 3.45. The molecule has 7 nitrogen and oxygen atoms in total. The van der Waals surface area contributed by atoms with Gasteiger partial charge >= 0.3 is 5.97 Å². The molecule has 0 saturated carbocycles. The molecule has 0 spiro atoms. The third kappa shape index (κ3) is 3.41. The number of anilines is 1. The van der Waals surface area contributed by atoms with Gasteiger partial charge in [-0.15, -0.1) is 0 Å². The lowest BCUT2D eigenvalue weighted by atomic mass is 10.1. The molecule has 0 aliphatic heterocycles. The Morgan fingerprint density at radius 3 is 2.38 bits per heavy atom. The van der Waals surface area contributed by atoms with E-state index in [-0.39, 0.29) is 16.5 Å². The van der Waals surface area contributed by atoms with E-state index in [4.69, 9.17) is 4.74 Å². The number of fused-ring (bicyclic) bond motifs is 1. The largest absolute Gasteiger partial charge is 0.451 e. The van der Waals surface area contributed by atoms with Crippen LogP contribution in [0.5, 0.6) is 0 Å². The number of amides is 1. The minimum atomic E-state index is -0.971. The molecule has 0 saturated heterocycles. The van der Waals surface area contributed by atoms with Crippen LogP contribution in [0.1, 0.15) is 10.5 Å². The van der Waals surface area contributed by atoms with Gasteiger partial charge in [0.1, 0.15) is 17.3 Å². The zero-order chi connectivity index (χ0) is 18.7. The number of nitrogens with one attached hydrogen (secondary N) is 2. The van der Waals surface area contributed by atoms with Crippen molar-refractivity contribution in [3.8, 4) is 0 Å². The number of nitrogens with zero attached hydrogens (tertiary/aromatic N) is 1. The van der Waals surface area contributed by atoms with Crippen LogP contribution in [0, 0.1) is 11.6 Å². The number of carbonyl (C=O) groups is 2. The lowest BCUT2D eigenvalue weighted by Gasteiger charge is -2.08. The average molecular weight is 359 g/mol. The molecule has 1 aromatic heterocycles. The summed E-state index contributed by atoms with van der Waals surface area (Å²) in [4.78, 5) is 35.6. The normalized spacial score (nSPS) is 10.5. The van der Waals surface area contributed by atoms with Crippen LogP contribution in [0.15, 0.2) is 47.3 Å². The van der Waals surface area contributed by atoms with Crippen LogP contribution in [0.4, 0.5) is 14.5 Å². The van der Waals surface area contributed by atoms with Crippen molar-refractivity contribution >= 4 is 28.3 Å². The molecular formula is C17H11F2N3O4. The fraction of sp³-hybridized carbons (Fsp3) is 0.0588. The Labute approximate surface area is 144 Å². The maximum Gasteiger partial charge on any atom is 0.359 e. The summed E-state index contributed by atoms with van der Waals surface area (Å²) in [6, 6.07) is 9.32. The highest BCUT2D eigenvalue weighted by Crippen LogP contribution is 2.18. The van der Waals surface area contributed by atoms with Gasteiger partial charge in [0.25, 0.3) is 11.5 Å². The van der Waals surface area contributed by atoms with Crippen LogP contribution in [0.25, 0.3) is 10.8 Å². The van der Waals surface area contributed by atoms with Crippen LogP contribution in [0.3, 0.4) is 0 Å². The molecule has 0 aliphatic carbocycles. The lowest BCUT2D eigenvalue weighted by Crippen LogP contribution is -2.23. The zero-order valence-corrected chi connectivity index (χ0v) is 13.1. The molecule has 9 heteroatoms. The molecule has 2 aromatic carbocycles. The fourth-order valence-corrected chi connectivity index (χ4v) is 2.26. The van der Waals surface area contributed by atoms with E-state index in [9.17, 15) is 23.2 Å². The first-order valence-corrected chi connectivity index (χ1v) is 7.36. The summed E-state index contributed by atoms with van der Waals surface area (Å²) >= 11 is 0. The molecular weight excluding hydrogens is 348 g/mol. The summed E-state index contributed by atoms with van der Waals surface area (Å²) in [6.45, 7) is -0.790. The van der Waals surface area contributed by atoms with Gasteiger partial charge < -0.3 is 10.1 Å². The van der Waals surface area contributed by atoms with E-state index >= 15 is 0 Å². The highest BCUT2D eigenvalue weighted by Gasteiger charge is 2.18. The van der Waals surface area contributed by atoms with E-state index in [0.29, 0.717) is 0 Å². The standard InChI is InChI=1S/C17H11F2N3O4/c18-11-6-3-7-12(19)15(11)20-13(23)8-26-17(25)14-9-4-1-2-5-10(9)16(24)22-21-14/h1-7H,8H2,(H,20,23)(H,22,24). The highest BCUT2D eigenvalue weighted by molar-refractivity contribution is 6.03. The van der Waals surface area contributed by atoms with Crippen molar-refractivity contribution in [1.82, 2.24) is 10.2 Å². The molecule has 1 heterocycles. The van der Waals surface area contributed by atoms with Crippen molar-refractivity contribution in [2.24, 2.45) is 0 Å². The first kappa shape index (κ1) is 17.2. The molecule has 26 heavy (non-hydrogen) atoms. The molecule has 2 N–H and O–H groups in total. The van der Waals surface area contributed by atoms with Gasteiger partial charge in [-0.2, -0.15) is 5.10 Å². The summed E-state index contributed by atoms with van der Waals surface area (Å²) in [5.41, 5.74) is -1.31. The second-order valence-electron chi connectivity index (χ2n) is 5.17. The summed E-state index contributed by atoms with van der Waals surface area (Å²) in [5.74, 6) is -3.83. The van der Waals surface area contributed by atoms with Crippen molar-refractivity contribution in [1.29, 1.82) is 0 Å². The number of esters is 1. The third-order valence-corrected chi connectivity index (χ3v) is 3.45. The van der Waals surface area contributed by atoms with Crippen molar-refractivity contribution in [2.45, 2.75) is 0 Å². The molecule has 3 rings (SSSR count). The Morgan fingerprint density at radius 2 is 1.69 bits per heavy atom. The Hall–Kier alpha value is -3.62. The van der Waals surface area contributed by atoms with Crippen molar-refractivity contribution in [3.63, 3.8) is 0 Å². The molecule has 0 aliphatic rings. The SMILES string of the molecule is O=C(COC(=O)c1n[nH]c(=O)c2ccccc12)Nc1c(F)cccc1F. The van der Waals surface area contributed by atoms with Gasteiger partial charge in [0.2, 0.25) is 0 Å². The molecule has 0 radical (unpaired) electrons. The second kappa shape index (κ2) is 7.09. The molecule has 0 fully saturated rings. The van der Waals surface area contributed by atoms with Gasteiger partial charge in [-0.05, 0) is 18.2 Å². The fourth-order valence-electron chi connectivity index (χ4n) is 2.26. The summed E-state index contributed by atoms with van der Waals surface area (Å²) in [5, 5.41) is 8.26. The van der Waals surface area contributed by atoms with Crippen molar-refractivity contribution in [3.05, 3.63) is 70.1 Å². The average Bonchev–Trinajstić information content (AvgIpc) is 2.63. The van der Waals surface area contributed by atoms with Crippen LogP contribution in [0.2, 0.25) is 0 Å². The minimum Gasteiger partial charge on any atom is -0.451 e. The van der Waals surface area contributed by atoms with Gasteiger partial charge in [0.15, 0.2) is 12.3 Å². The number of ether oxygens (including phenoxy) is 1. The Morgan fingerprint density at radius 1 is 1.04 bits per heavy atom. The number of halogens is 2. The van der Waals surface area contributed by atoms with E-state index in [1.54, 1.807) is 12.1 Å². The minimum absolute atomic E-state index is 0.190. The number of H-pyrrole nitrogens is 1. The summed E-state index contributed by atoms with van der Waals surface area (Å²) in [7, 11) is 0. The Balaban J connectivity index is 1.73. The molecule has 132 valence electrons. The van der Waals surface area contributed by atoms with Crippen molar-refractivity contribution in [2.75, 3.05) is 11.9 Å². The van der Waals surface area contributed by atoms with Gasteiger partial charge in [0.05, 0.1) is 5.39 Å². The molecule has 0 atom stereocenters. The second-order valence-corrected chi connectivity index (χ2v) is 5.17. The number of carbonyl (C=O) groups excluding carboxylic acids is 2. The van der Waals surface area contributed by atoms with Crippen LogP contribution < -0.4 is 10.9 Å². The summed E-state index contributed by atoms with van der Waals surface area (Å²) in [6.07, 6.45) is 0. The molecule has 0 bridgehead atoms. The number of para-hydroxylation sites is 1. The quantitative estimate of drug-likeness (QED) is 0.694. The molecule has 1 amide bonds. The van der Waals surface area contributed by atoms with Gasteiger partial charge in [-0.25, -0.2) is 18.7 Å². The zero-order valence-electron chi connectivity index (χ0n) is 13.1. The van der Waals surface area contributed by atoms with Crippen molar-refractivity contribution < 1.29 is 23.1 Å². The van der Waals surface area contributed by atoms with E-state index in [0.717, 1.165) is 18.2 Å². The maximum absolute atomic E-state index is 13.5. The van der Waals surface area contributed by atoms with E-state index in [2.05, 4.69) is 10.2 Å². The van der Waals surface area contributed by atoms with Crippen LogP contribution in [-0.4, -0.2) is 28.7 Å². The number of rotatable bonds is 4. The van der Waals surface area contributed by atoms with Gasteiger partial charge in [0, 0.05) is 5.39 Å². The number of aromatic nitrogens is 2. The van der Waals surface area contributed by atoms with E-state index in [1.165, 1.54) is 12.1 Å². The predicted octanol–water partition coefficient (Wildman–Crippen LogP) is 2.00. The van der Waals surface area contributed by atoms with E-state index < -0.39 is 41.4 Å². The molecule has 0 unspecified atom stereocenters. The number of aromatic amines is 1. The first-order chi connectivity index (χ1) is 12.5. The summed E-state index contributed by atoms with van der Waals surface area (Å²) < 4.78 is 31.8. The van der Waals surface area contributed by atoms with Gasteiger partial charge in [-0.1, -0.05) is 24.3 Å². The monoisotopic (exact) mass is 359 g/mol. The van der Waals surface area contributed by atoms with E-state index in [1.807, 2.05) is 5.32 Å². The first-order valence-electron chi connectivity index (χ1n) is 7.36. The topological polar surface area (TPSA) is 101 Å². The van der Waals surface area contributed by atoms with Gasteiger partial charge in [-0.3, -0.25) is 9.59 Å². The Kier molecular flexibility index (Phi) is 4.70. The smallest absolute Gasteiger partial charge is 0.359 e. The van der Waals surface area contributed by atoms with Crippen LogP contribution >= 0.6 is 0 Å². The molecule has 3 aromatic rings. The lowest BCUT2D eigenvalue weighted by molar-refractivity contribution is -0.119. The number of benzene rings is 2. The highest BCUT2D eigenvalue weighted by atomic mass is 19.1. The number of hydrogen-bond donors (Lipinski definition) is 2. The maximum atomic E-state index is 13.5. The number of hydrogen-bond acceptors (Lipinski definition) is 5. The Bertz CT molecular complexity index is 1050. The van der Waals surface area contributed by atoms with Crippen LogP contribution in [-0.2, 0) is 9.53 Å². The predicted molar refractivity (Wildman–Crippen MR) is 87.6 cm³/mol.